The normalized spacial score (nSPS) is 14.0. The number of hydrogen-bond donors (Lipinski definition) is 2. The lowest BCUT2D eigenvalue weighted by Crippen LogP contribution is -2.21. The molecule has 2 atom stereocenters. The van der Waals surface area contributed by atoms with Gasteiger partial charge in [-0.2, -0.15) is 0 Å². The van der Waals surface area contributed by atoms with E-state index in [1.807, 2.05) is 0 Å². The zero-order valence-corrected chi connectivity index (χ0v) is 13.1. The van der Waals surface area contributed by atoms with Crippen LogP contribution in [0.1, 0.15) is 23.1 Å². The van der Waals surface area contributed by atoms with Gasteiger partial charge in [-0.15, -0.1) is 0 Å². The summed E-state index contributed by atoms with van der Waals surface area (Å²) in [6.45, 7) is 0.101. The van der Waals surface area contributed by atoms with E-state index in [4.69, 9.17) is 40.5 Å². The molecule has 0 heterocycles. The van der Waals surface area contributed by atoms with Gasteiger partial charge in [0.25, 0.3) is 0 Å². The van der Waals surface area contributed by atoms with Gasteiger partial charge in [0, 0.05) is 23.0 Å². The van der Waals surface area contributed by atoms with Crippen molar-refractivity contribution in [1.82, 2.24) is 0 Å². The van der Waals surface area contributed by atoms with Gasteiger partial charge in [0.2, 0.25) is 0 Å². The van der Waals surface area contributed by atoms with Gasteiger partial charge in [0.05, 0.1) is 16.1 Å². The third-order valence-electron chi connectivity index (χ3n) is 3.30. The van der Waals surface area contributed by atoms with E-state index >= 15 is 0 Å². The predicted molar refractivity (Wildman–Crippen MR) is 84.6 cm³/mol. The fourth-order valence-electron chi connectivity index (χ4n) is 2.18. The third-order valence-corrected chi connectivity index (χ3v) is 4.37. The minimum Gasteiger partial charge on any atom is -0.388 e. The molecule has 0 saturated carbocycles. The summed E-state index contributed by atoms with van der Waals surface area (Å²) in [7, 11) is 0. The van der Waals surface area contributed by atoms with Crippen LogP contribution >= 0.6 is 34.8 Å². The first-order valence-corrected chi connectivity index (χ1v) is 7.36. The van der Waals surface area contributed by atoms with Crippen LogP contribution in [0.5, 0.6) is 0 Å². The molecule has 0 aliphatic heterocycles. The Morgan fingerprint density at radius 3 is 2.33 bits per heavy atom. The van der Waals surface area contributed by atoms with E-state index in [1.165, 1.54) is 18.2 Å². The molecule has 0 aliphatic rings. The summed E-state index contributed by atoms with van der Waals surface area (Å²) in [6.07, 6.45) is -1.18. The Morgan fingerprint density at radius 1 is 1.05 bits per heavy atom. The summed E-state index contributed by atoms with van der Waals surface area (Å²) in [6, 6.07) is 9.16. The van der Waals surface area contributed by atoms with Crippen LogP contribution in [0, 0.1) is 5.82 Å². The Bertz CT molecular complexity index is 631. The predicted octanol–water partition coefficient (Wildman–Crippen LogP) is 4.56. The highest BCUT2D eigenvalue weighted by Crippen LogP contribution is 2.37. The Hall–Kier alpha value is -0.840. The van der Waals surface area contributed by atoms with Gasteiger partial charge >= 0.3 is 0 Å². The van der Waals surface area contributed by atoms with Gasteiger partial charge in [-0.05, 0) is 29.8 Å². The number of rotatable bonds is 4. The molecule has 2 rings (SSSR count). The van der Waals surface area contributed by atoms with Crippen molar-refractivity contribution in [3.63, 3.8) is 0 Å². The van der Waals surface area contributed by atoms with Gasteiger partial charge in [-0.25, -0.2) is 4.39 Å². The van der Waals surface area contributed by atoms with Gasteiger partial charge in [-0.3, -0.25) is 0 Å². The van der Waals surface area contributed by atoms with Crippen molar-refractivity contribution in [3.05, 3.63) is 68.4 Å². The maximum Gasteiger partial charge on any atom is 0.130 e. The molecule has 0 radical (unpaired) electrons. The lowest BCUT2D eigenvalue weighted by Gasteiger charge is -2.23. The van der Waals surface area contributed by atoms with Gasteiger partial charge in [0.1, 0.15) is 5.82 Å². The molecule has 0 saturated heterocycles. The number of aliphatic hydroxyl groups is 1. The number of nitrogens with two attached hydrogens (primary N) is 1. The van der Waals surface area contributed by atoms with Crippen molar-refractivity contribution in [1.29, 1.82) is 0 Å². The molecule has 2 aromatic carbocycles. The van der Waals surface area contributed by atoms with Crippen molar-refractivity contribution in [2.24, 2.45) is 5.73 Å². The minimum absolute atomic E-state index is 0.0284. The van der Waals surface area contributed by atoms with Crippen LogP contribution in [0.25, 0.3) is 0 Å². The highest BCUT2D eigenvalue weighted by atomic mass is 35.5. The molecule has 0 amide bonds. The largest absolute Gasteiger partial charge is 0.388 e. The van der Waals surface area contributed by atoms with Crippen molar-refractivity contribution in [2.75, 3.05) is 6.54 Å². The average Bonchev–Trinajstić information content (AvgIpc) is 2.43. The highest BCUT2D eigenvalue weighted by molar-refractivity contribution is 6.42. The van der Waals surface area contributed by atoms with Crippen LogP contribution < -0.4 is 5.73 Å². The topological polar surface area (TPSA) is 46.2 Å². The van der Waals surface area contributed by atoms with E-state index in [9.17, 15) is 9.50 Å². The van der Waals surface area contributed by atoms with Crippen LogP contribution in [0.2, 0.25) is 15.1 Å². The molecule has 21 heavy (non-hydrogen) atoms. The van der Waals surface area contributed by atoms with E-state index in [0.29, 0.717) is 15.6 Å². The van der Waals surface area contributed by atoms with Gasteiger partial charge < -0.3 is 10.8 Å². The maximum atomic E-state index is 13.9. The van der Waals surface area contributed by atoms with Gasteiger partial charge in [0.15, 0.2) is 0 Å². The van der Waals surface area contributed by atoms with Crippen LogP contribution in [0.4, 0.5) is 4.39 Å². The second-order valence-electron chi connectivity index (χ2n) is 4.60. The van der Waals surface area contributed by atoms with Crippen LogP contribution in [-0.2, 0) is 0 Å². The molecule has 0 fully saturated rings. The molecule has 2 nitrogen and oxygen atoms in total. The summed E-state index contributed by atoms with van der Waals surface area (Å²) in [5.74, 6) is -1.12. The van der Waals surface area contributed by atoms with Crippen molar-refractivity contribution >= 4 is 34.8 Å². The minimum atomic E-state index is -1.18. The van der Waals surface area contributed by atoms with E-state index in [2.05, 4.69) is 0 Å². The third kappa shape index (κ3) is 3.50. The summed E-state index contributed by atoms with van der Waals surface area (Å²) in [5.41, 5.74) is 6.42. The van der Waals surface area contributed by atoms with Crippen molar-refractivity contribution in [2.45, 2.75) is 12.0 Å². The summed E-state index contributed by atoms with van der Waals surface area (Å²) in [5, 5.41) is 11.4. The Balaban J connectivity index is 2.43. The number of halogens is 4. The smallest absolute Gasteiger partial charge is 0.130 e. The molecule has 2 aromatic rings. The molecule has 6 heteroatoms. The van der Waals surface area contributed by atoms with Gasteiger partial charge in [-0.1, -0.05) is 46.9 Å². The summed E-state index contributed by atoms with van der Waals surface area (Å²) >= 11 is 17.8. The Kier molecular flexibility index (Phi) is 5.47. The molecule has 0 bridgehead atoms. The average molecular weight is 349 g/mol. The number of aliphatic hydroxyl groups excluding tert-OH is 1. The van der Waals surface area contributed by atoms with E-state index < -0.39 is 17.8 Å². The van der Waals surface area contributed by atoms with E-state index in [1.54, 1.807) is 18.2 Å². The second-order valence-corrected chi connectivity index (χ2v) is 5.82. The molecule has 0 aliphatic carbocycles. The summed E-state index contributed by atoms with van der Waals surface area (Å²) < 4.78 is 13.9. The van der Waals surface area contributed by atoms with Crippen LogP contribution in [-0.4, -0.2) is 11.7 Å². The SMILES string of the molecule is NCC(c1ccc(Cl)c(Cl)c1)C(O)c1c(F)cccc1Cl. The Labute approximate surface area is 137 Å². The monoisotopic (exact) mass is 347 g/mol. The first kappa shape index (κ1) is 16.5. The summed E-state index contributed by atoms with van der Waals surface area (Å²) in [4.78, 5) is 0. The molecular weight excluding hydrogens is 336 g/mol. The fourth-order valence-corrected chi connectivity index (χ4v) is 2.77. The molecule has 112 valence electrons. The Morgan fingerprint density at radius 2 is 1.76 bits per heavy atom. The standard InChI is InChI=1S/C15H13Cl3FNO/c16-10-5-4-8(6-12(10)18)9(7-20)15(21)14-11(17)2-1-3-13(14)19/h1-6,9,15,21H,7,20H2. The van der Waals surface area contributed by atoms with E-state index in [-0.39, 0.29) is 17.1 Å². The van der Waals surface area contributed by atoms with Crippen molar-refractivity contribution in [3.8, 4) is 0 Å². The maximum absolute atomic E-state index is 13.9. The number of benzene rings is 2. The molecule has 2 unspecified atom stereocenters. The first-order valence-electron chi connectivity index (χ1n) is 6.22. The van der Waals surface area contributed by atoms with E-state index in [0.717, 1.165) is 0 Å². The zero-order valence-electron chi connectivity index (χ0n) is 10.9. The lowest BCUT2D eigenvalue weighted by molar-refractivity contribution is 0.143. The number of hydrogen-bond acceptors (Lipinski definition) is 2. The zero-order chi connectivity index (χ0) is 15.6. The first-order chi connectivity index (χ1) is 9.95. The lowest BCUT2D eigenvalue weighted by atomic mass is 9.89. The second kappa shape index (κ2) is 6.95. The van der Waals surface area contributed by atoms with Crippen LogP contribution in [0.3, 0.4) is 0 Å². The molecule has 0 aromatic heterocycles. The highest BCUT2D eigenvalue weighted by Gasteiger charge is 2.26. The van der Waals surface area contributed by atoms with Crippen molar-refractivity contribution < 1.29 is 9.50 Å². The fraction of sp³-hybridized carbons (Fsp3) is 0.200. The quantitative estimate of drug-likeness (QED) is 0.850. The van der Waals surface area contributed by atoms with Crippen LogP contribution in [0.15, 0.2) is 36.4 Å². The molecular formula is C15H13Cl3FNO. The molecule has 0 spiro atoms. The molecule has 3 N–H and O–H groups in total.